The third kappa shape index (κ3) is 3.04. The Hall–Kier alpha value is -2.50. The minimum atomic E-state index is -1.03. The van der Waals surface area contributed by atoms with Gasteiger partial charge in [0.25, 0.3) is 0 Å². The lowest BCUT2D eigenvalue weighted by Crippen LogP contribution is -2.21. The smallest absolute Gasteiger partial charge is 0.341 e. The fourth-order valence-corrected chi connectivity index (χ4v) is 1.74. The highest BCUT2D eigenvalue weighted by molar-refractivity contribution is 5.92. The van der Waals surface area contributed by atoms with Crippen LogP contribution in [0, 0.1) is 6.92 Å². The number of carbonyl (C=O) groups is 1. The molecular formula is C13H14N4O2. The van der Waals surface area contributed by atoms with Crippen LogP contribution in [0.5, 0.6) is 0 Å². The van der Waals surface area contributed by atoms with Gasteiger partial charge < -0.3 is 10.0 Å². The Balaban J connectivity index is 2.30. The van der Waals surface area contributed by atoms with Gasteiger partial charge in [-0.3, -0.25) is 4.98 Å². The number of nitrogens with zero attached hydrogens (tertiary/aromatic N) is 4. The van der Waals surface area contributed by atoms with E-state index in [0.717, 1.165) is 5.56 Å². The molecular weight excluding hydrogens is 244 g/mol. The SMILES string of the molecule is Cc1ncc(C(=O)O)c(N(C)Cc2ccncc2)n1. The lowest BCUT2D eigenvalue weighted by Gasteiger charge is -2.20. The molecule has 0 saturated heterocycles. The molecule has 6 nitrogen and oxygen atoms in total. The van der Waals surface area contributed by atoms with Crippen LogP contribution in [-0.2, 0) is 6.54 Å². The minimum Gasteiger partial charge on any atom is -0.477 e. The van der Waals surface area contributed by atoms with Crippen molar-refractivity contribution in [3.63, 3.8) is 0 Å². The van der Waals surface area contributed by atoms with E-state index in [2.05, 4.69) is 15.0 Å². The summed E-state index contributed by atoms with van der Waals surface area (Å²) < 4.78 is 0. The Bertz CT molecular complexity index is 586. The molecule has 2 aromatic rings. The maximum Gasteiger partial charge on any atom is 0.341 e. The number of aromatic carboxylic acids is 1. The summed E-state index contributed by atoms with van der Waals surface area (Å²) in [6, 6.07) is 3.76. The van der Waals surface area contributed by atoms with Gasteiger partial charge in [0.05, 0.1) is 0 Å². The van der Waals surface area contributed by atoms with E-state index in [0.29, 0.717) is 18.2 Å². The summed E-state index contributed by atoms with van der Waals surface area (Å²) >= 11 is 0. The quantitative estimate of drug-likeness (QED) is 0.895. The zero-order valence-electron chi connectivity index (χ0n) is 10.7. The summed E-state index contributed by atoms with van der Waals surface area (Å²) in [5, 5.41) is 9.15. The first-order chi connectivity index (χ1) is 9.08. The van der Waals surface area contributed by atoms with Gasteiger partial charge in [0.1, 0.15) is 17.2 Å². The van der Waals surface area contributed by atoms with E-state index >= 15 is 0 Å². The molecule has 2 rings (SSSR count). The zero-order valence-corrected chi connectivity index (χ0v) is 10.7. The largest absolute Gasteiger partial charge is 0.477 e. The molecule has 0 bridgehead atoms. The molecule has 0 fully saturated rings. The van der Waals surface area contributed by atoms with Gasteiger partial charge in [-0.2, -0.15) is 0 Å². The van der Waals surface area contributed by atoms with E-state index in [-0.39, 0.29) is 5.56 Å². The Morgan fingerprint density at radius 3 is 2.68 bits per heavy atom. The number of carboxylic acids is 1. The number of aryl methyl sites for hydroxylation is 1. The monoisotopic (exact) mass is 258 g/mol. The van der Waals surface area contributed by atoms with Crippen molar-refractivity contribution in [2.75, 3.05) is 11.9 Å². The highest BCUT2D eigenvalue weighted by atomic mass is 16.4. The average molecular weight is 258 g/mol. The highest BCUT2D eigenvalue weighted by Crippen LogP contribution is 2.18. The van der Waals surface area contributed by atoms with Gasteiger partial charge in [-0.25, -0.2) is 14.8 Å². The molecule has 6 heteroatoms. The van der Waals surface area contributed by atoms with Gasteiger partial charge in [-0.05, 0) is 24.6 Å². The Morgan fingerprint density at radius 2 is 2.05 bits per heavy atom. The second-order valence-corrected chi connectivity index (χ2v) is 4.17. The van der Waals surface area contributed by atoms with E-state index in [4.69, 9.17) is 5.11 Å². The molecule has 0 unspecified atom stereocenters. The van der Waals surface area contributed by atoms with Crippen molar-refractivity contribution >= 4 is 11.8 Å². The number of hydrogen-bond donors (Lipinski definition) is 1. The van der Waals surface area contributed by atoms with Gasteiger partial charge in [0.15, 0.2) is 0 Å². The maximum absolute atomic E-state index is 11.2. The minimum absolute atomic E-state index is 0.0992. The van der Waals surface area contributed by atoms with Gasteiger partial charge >= 0.3 is 5.97 Å². The summed E-state index contributed by atoms with van der Waals surface area (Å²) in [6.07, 6.45) is 4.74. The molecule has 0 radical (unpaired) electrons. The van der Waals surface area contributed by atoms with Crippen LogP contribution in [0.4, 0.5) is 5.82 Å². The second kappa shape index (κ2) is 5.43. The number of hydrogen-bond acceptors (Lipinski definition) is 5. The summed E-state index contributed by atoms with van der Waals surface area (Å²) in [5.74, 6) is -0.0741. The lowest BCUT2D eigenvalue weighted by atomic mass is 10.2. The van der Waals surface area contributed by atoms with E-state index in [1.54, 1.807) is 31.3 Å². The molecule has 1 N–H and O–H groups in total. The predicted octanol–water partition coefficient (Wildman–Crippen LogP) is 1.51. The van der Waals surface area contributed by atoms with E-state index < -0.39 is 5.97 Å². The molecule has 0 amide bonds. The van der Waals surface area contributed by atoms with Gasteiger partial charge in [0.2, 0.25) is 0 Å². The molecule has 0 aromatic carbocycles. The summed E-state index contributed by atoms with van der Waals surface area (Å²) in [6.45, 7) is 2.29. The summed E-state index contributed by atoms with van der Waals surface area (Å²) in [4.78, 5) is 25.0. The number of carboxylic acid groups (broad SMARTS) is 1. The van der Waals surface area contributed by atoms with Crippen LogP contribution in [0.25, 0.3) is 0 Å². The lowest BCUT2D eigenvalue weighted by molar-refractivity contribution is 0.0696. The molecule has 2 aromatic heterocycles. The van der Waals surface area contributed by atoms with Crippen molar-refractivity contribution in [1.82, 2.24) is 15.0 Å². The maximum atomic E-state index is 11.2. The molecule has 0 aliphatic carbocycles. The molecule has 0 aliphatic heterocycles. The van der Waals surface area contributed by atoms with Crippen LogP contribution < -0.4 is 4.90 Å². The van der Waals surface area contributed by atoms with Crippen LogP contribution in [0.2, 0.25) is 0 Å². The van der Waals surface area contributed by atoms with Crippen molar-refractivity contribution in [3.8, 4) is 0 Å². The van der Waals surface area contributed by atoms with Crippen LogP contribution >= 0.6 is 0 Å². The van der Waals surface area contributed by atoms with Crippen molar-refractivity contribution in [1.29, 1.82) is 0 Å². The molecule has 98 valence electrons. The third-order valence-corrected chi connectivity index (χ3v) is 2.65. The molecule has 0 atom stereocenters. The van der Waals surface area contributed by atoms with Crippen molar-refractivity contribution in [2.24, 2.45) is 0 Å². The first kappa shape index (κ1) is 12.9. The Kier molecular flexibility index (Phi) is 3.70. The van der Waals surface area contributed by atoms with Crippen LogP contribution in [0.3, 0.4) is 0 Å². The normalized spacial score (nSPS) is 10.2. The van der Waals surface area contributed by atoms with Crippen molar-refractivity contribution < 1.29 is 9.90 Å². The molecule has 0 saturated carbocycles. The molecule has 0 aliphatic rings. The molecule has 2 heterocycles. The standard InChI is InChI=1S/C13H14N4O2/c1-9-15-7-11(13(18)19)12(16-9)17(2)8-10-3-5-14-6-4-10/h3-7H,8H2,1-2H3,(H,18,19). The van der Waals surface area contributed by atoms with Crippen molar-refractivity contribution in [3.05, 3.63) is 47.7 Å². The van der Waals surface area contributed by atoms with Gasteiger partial charge in [-0.1, -0.05) is 0 Å². The fraction of sp³-hybridized carbons (Fsp3) is 0.231. The molecule has 19 heavy (non-hydrogen) atoms. The number of aromatic nitrogens is 3. The van der Waals surface area contributed by atoms with Gasteiger partial charge in [-0.15, -0.1) is 0 Å². The van der Waals surface area contributed by atoms with Crippen molar-refractivity contribution in [2.45, 2.75) is 13.5 Å². The Morgan fingerprint density at radius 1 is 1.37 bits per heavy atom. The first-order valence-corrected chi connectivity index (χ1v) is 5.75. The number of pyridine rings is 1. The third-order valence-electron chi connectivity index (χ3n) is 2.65. The Labute approximate surface area is 110 Å². The average Bonchev–Trinajstić information content (AvgIpc) is 2.39. The topological polar surface area (TPSA) is 79.2 Å². The van der Waals surface area contributed by atoms with E-state index in [1.807, 2.05) is 12.1 Å². The molecule has 0 spiro atoms. The number of rotatable bonds is 4. The second-order valence-electron chi connectivity index (χ2n) is 4.17. The summed E-state index contributed by atoms with van der Waals surface area (Å²) in [7, 11) is 1.80. The van der Waals surface area contributed by atoms with Crippen LogP contribution in [-0.4, -0.2) is 33.1 Å². The van der Waals surface area contributed by atoms with Crippen LogP contribution in [0.15, 0.2) is 30.7 Å². The highest BCUT2D eigenvalue weighted by Gasteiger charge is 2.16. The van der Waals surface area contributed by atoms with Crippen LogP contribution in [0.1, 0.15) is 21.7 Å². The summed E-state index contributed by atoms with van der Waals surface area (Å²) in [5.41, 5.74) is 1.13. The first-order valence-electron chi connectivity index (χ1n) is 5.75. The fourth-order valence-electron chi connectivity index (χ4n) is 1.74. The predicted molar refractivity (Wildman–Crippen MR) is 70.1 cm³/mol. The van der Waals surface area contributed by atoms with E-state index in [1.165, 1.54) is 6.20 Å². The zero-order chi connectivity index (χ0) is 13.8. The van der Waals surface area contributed by atoms with Gasteiger partial charge in [0, 0.05) is 32.2 Å². The number of anilines is 1. The van der Waals surface area contributed by atoms with E-state index in [9.17, 15) is 4.79 Å².